The van der Waals surface area contributed by atoms with Gasteiger partial charge in [0.15, 0.2) is 0 Å². The largest absolute Gasteiger partial charge is 0.457 e. The standard InChI is InChI=1S/C21H25N3O4/c1-21(2,3)28-20(26)24-14-4-5-18(24)19(25)23-15-6-8-16(9-7-15)27-17-10-12-22-13-11-17/h6-13,18H,4-5,14H2,1-3H3,(H,23,25). The molecule has 7 heteroatoms. The van der Waals surface area contributed by atoms with Crippen LogP contribution in [0.4, 0.5) is 10.5 Å². The summed E-state index contributed by atoms with van der Waals surface area (Å²) in [5, 5.41) is 2.87. The Balaban J connectivity index is 1.60. The molecule has 0 spiro atoms. The number of anilines is 1. The molecule has 148 valence electrons. The highest BCUT2D eigenvalue weighted by Gasteiger charge is 2.36. The second-order valence-corrected chi connectivity index (χ2v) is 7.63. The number of rotatable bonds is 4. The van der Waals surface area contributed by atoms with Gasteiger partial charge in [-0.3, -0.25) is 14.7 Å². The molecule has 0 aliphatic carbocycles. The molecule has 1 atom stereocenters. The number of amides is 2. The minimum atomic E-state index is -0.592. The SMILES string of the molecule is CC(C)(C)OC(=O)N1CCCC1C(=O)Nc1ccc(Oc2ccncc2)cc1. The smallest absolute Gasteiger partial charge is 0.410 e. The Bertz CT molecular complexity index is 816. The van der Waals surface area contributed by atoms with Gasteiger partial charge in [0.2, 0.25) is 5.91 Å². The first-order valence-electron chi connectivity index (χ1n) is 9.30. The molecule has 7 nitrogen and oxygen atoms in total. The lowest BCUT2D eigenvalue weighted by molar-refractivity contribution is -0.120. The number of pyridine rings is 1. The summed E-state index contributed by atoms with van der Waals surface area (Å²) in [5.74, 6) is 1.12. The molecular formula is C21H25N3O4. The second-order valence-electron chi connectivity index (χ2n) is 7.63. The van der Waals surface area contributed by atoms with Crippen molar-refractivity contribution in [2.24, 2.45) is 0 Å². The first-order chi connectivity index (χ1) is 13.3. The fourth-order valence-electron chi connectivity index (χ4n) is 2.95. The lowest BCUT2D eigenvalue weighted by atomic mass is 10.2. The van der Waals surface area contributed by atoms with Gasteiger partial charge in [0, 0.05) is 24.6 Å². The van der Waals surface area contributed by atoms with E-state index in [0.717, 1.165) is 6.42 Å². The van der Waals surface area contributed by atoms with E-state index in [2.05, 4.69) is 10.3 Å². The number of nitrogens with one attached hydrogen (secondary N) is 1. The summed E-state index contributed by atoms with van der Waals surface area (Å²) in [6.07, 6.45) is 4.25. The van der Waals surface area contributed by atoms with Gasteiger partial charge in [-0.15, -0.1) is 0 Å². The molecule has 0 saturated carbocycles. The van der Waals surface area contributed by atoms with Crippen LogP contribution in [0.15, 0.2) is 48.8 Å². The predicted molar refractivity (Wildman–Crippen MR) is 105 cm³/mol. The van der Waals surface area contributed by atoms with Crippen molar-refractivity contribution in [3.8, 4) is 11.5 Å². The molecule has 1 aromatic heterocycles. The van der Waals surface area contributed by atoms with E-state index in [0.29, 0.717) is 30.2 Å². The molecule has 1 fully saturated rings. The van der Waals surface area contributed by atoms with Gasteiger partial charge < -0.3 is 14.8 Å². The molecule has 3 rings (SSSR count). The molecule has 1 aromatic carbocycles. The monoisotopic (exact) mass is 383 g/mol. The molecule has 28 heavy (non-hydrogen) atoms. The van der Waals surface area contributed by atoms with Gasteiger partial charge in [-0.05, 0) is 70.0 Å². The summed E-state index contributed by atoms with van der Waals surface area (Å²) in [6, 6.07) is 10.1. The Morgan fingerprint density at radius 1 is 1.07 bits per heavy atom. The third kappa shape index (κ3) is 5.22. The van der Waals surface area contributed by atoms with Crippen molar-refractivity contribution in [1.82, 2.24) is 9.88 Å². The number of nitrogens with zero attached hydrogens (tertiary/aromatic N) is 2. The van der Waals surface area contributed by atoms with E-state index in [1.54, 1.807) is 48.8 Å². The topological polar surface area (TPSA) is 80.8 Å². The van der Waals surface area contributed by atoms with Crippen LogP contribution in [0, 0.1) is 0 Å². The van der Waals surface area contributed by atoms with Crippen molar-refractivity contribution in [2.45, 2.75) is 45.3 Å². The Morgan fingerprint density at radius 3 is 2.36 bits per heavy atom. The summed E-state index contributed by atoms with van der Waals surface area (Å²) in [6.45, 7) is 5.95. The van der Waals surface area contributed by atoms with Crippen LogP contribution in [-0.4, -0.2) is 40.1 Å². The summed E-state index contributed by atoms with van der Waals surface area (Å²) in [7, 11) is 0. The van der Waals surface area contributed by atoms with Gasteiger partial charge >= 0.3 is 6.09 Å². The second kappa shape index (κ2) is 8.29. The average Bonchev–Trinajstić information content (AvgIpc) is 3.13. The van der Waals surface area contributed by atoms with Gasteiger partial charge in [0.25, 0.3) is 0 Å². The fraction of sp³-hybridized carbons (Fsp3) is 0.381. The van der Waals surface area contributed by atoms with Crippen molar-refractivity contribution in [2.75, 3.05) is 11.9 Å². The highest BCUT2D eigenvalue weighted by atomic mass is 16.6. The van der Waals surface area contributed by atoms with Crippen molar-refractivity contribution in [1.29, 1.82) is 0 Å². The highest BCUT2D eigenvalue weighted by Crippen LogP contribution is 2.24. The maximum atomic E-state index is 12.7. The van der Waals surface area contributed by atoms with E-state index < -0.39 is 17.7 Å². The summed E-state index contributed by atoms with van der Waals surface area (Å²) in [4.78, 5) is 30.5. The van der Waals surface area contributed by atoms with Crippen LogP contribution in [0.3, 0.4) is 0 Å². The summed E-state index contributed by atoms with van der Waals surface area (Å²) in [5.41, 5.74) is 0.0499. The maximum absolute atomic E-state index is 12.7. The lowest BCUT2D eigenvalue weighted by Crippen LogP contribution is -2.45. The summed E-state index contributed by atoms with van der Waals surface area (Å²) >= 11 is 0. The number of ether oxygens (including phenoxy) is 2. The van der Waals surface area contributed by atoms with E-state index in [9.17, 15) is 9.59 Å². The molecule has 2 amide bonds. The molecule has 1 saturated heterocycles. The highest BCUT2D eigenvalue weighted by molar-refractivity contribution is 5.96. The maximum Gasteiger partial charge on any atom is 0.410 e. The number of benzene rings is 1. The molecular weight excluding hydrogens is 358 g/mol. The Labute approximate surface area is 164 Å². The minimum Gasteiger partial charge on any atom is -0.457 e. The van der Waals surface area contributed by atoms with Crippen molar-refractivity contribution in [3.63, 3.8) is 0 Å². The van der Waals surface area contributed by atoms with Gasteiger partial charge in [-0.1, -0.05) is 0 Å². The number of carbonyl (C=O) groups excluding carboxylic acids is 2. The van der Waals surface area contributed by atoms with Crippen molar-refractivity contribution >= 4 is 17.7 Å². The van der Waals surface area contributed by atoms with Gasteiger partial charge in [-0.25, -0.2) is 4.79 Å². The van der Waals surface area contributed by atoms with Crippen LogP contribution in [-0.2, 0) is 9.53 Å². The number of carbonyl (C=O) groups is 2. The summed E-state index contributed by atoms with van der Waals surface area (Å²) < 4.78 is 11.1. The molecule has 2 heterocycles. The minimum absolute atomic E-state index is 0.217. The van der Waals surface area contributed by atoms with Gasteiger partial charge in [0.1, 0.15) is 23.1 Å². The Kier molecular flexibility index (Phi) is 5.82. The number of hydrogen-bond donors (Lipinski definition) is 1. The average molecular weight is 383 g/mol. The number of aromatic nitrogens is 1. The predicted octanol–water partition coefficient (Wildman–Crippen LogP) is 4.21. The zero-order valence-electron chi connectivity index (χ0n) is 16.3. The van der Waals surface area contributed by atoms with E-state index in [4.69, 9.17) is 9.47 Å². The number of hydrogen-bond acceptors (Lipinski definition) is 5. The molecule has 0 radical (unpaired) electrons. The lowest BCUT2D eigenvalue weighted by Gasteiger charge is -2.28. The quantitative estimate of drug-likeness (QED) is 0.855. The first kappa shape index (κ1) is 19.7. The van der Waals surface area contributed by atoms with E-state index in [1.165, 1.54) is 4.90 Å². The Hall–Kier alpha value is -3.09. The van der Waals surface area contributed by atoms with Crippen LogP contribution in [0.1, 0.15) is 33.6 Å². The first-order valence-corrected chi connectivity index (χ1v) is 9.30. The molecule has 1 aliphatic rings. The van der Waals surface area contributed by atoms with Gasteiger partial charge in [0.05, 0.1) is 0 Å². The van der Waals surface area contributed by atoms with Crippen LogP contribution >= 0.6 is 0 Å². The number of likely N-dealkylation sites (tertiary alicyclic amines) is 1. The molecule has 1 unspecified atom stereocenters. The zero-order chi connectivity index (χ0) is 20.1. The third-order valence-corrected chi connectivity index (χ3v) is 4.19. The van der Waals surface area contributed by atoms with E-state index in [1.807, 2.05) is 20.8 Å². The normalized spacial score (nSPS) is 16.5. The van der Waals surface area contributed by atoms with Gasteiger partial charge in [-0.2, -0.15) is 0 Å². The Morgan fingerprint density at radius 2 is 1.71 bits per heavy atom. The third-order valence-electron chi connectivity index (χ3n) is 4.19. The van der Waals surface area contributed by atoms with Crippen molar-refractivity contribution in [3.05, 3.63) is 48.8 Å². The molecule has 0 bridgehead atoms. The fourth-order valence-corrected chi connectivity index (χ4v) is 2.95. The zero-order valence-corrected chi connectivity index (χ0v) is 16.3. The molecule has 1 N–H and O–H groups in total. The van der Waals surface area contributed by atoms with Crippen LogP contribution in [0.2, 0.25) is 0 Å². The molecule has 2 aromatic rings. The van der Waals surface area contributed by atoms with Crippen LogP contribution < -0.4 is 10.1 Å². The van der Waals surface area contributed by atoms with Crippen LogP contribution in [0.5, 0.6) is 11.5 Å². The molecule has 1 aliphatic heterocycles. The van der Waals surface area contributed by atoms with E-state index in [-0.39, 0.29) is 5.91 Å². The van der Waals surface area contributed by atoms with Crippen LogP contribution in [0.25, 0.3) is 0 Å². The van der Waals surface area contributed by atoms with E-state index >= 15 is 0 Å². The van der Waals surface area contributed by atoms with Crippen molar-refractivity contribution < 1.29 is 19.1 Å².